The zero-order valence-corrected chi connectivity index (χ0v) is 13.0. The zero-order chi connectivity index (χ0) is 14.9. The molecule has 6 heteroatoms. The average Bonchev–Trinajstić information content (AvgIpc) is 3.06. The van der Waals surface area contributed by atoms with E-state index in [-0.39, 0.29) is 0 Å². The van der Waals surface area contributed by atoms with Crippen LogP contribution in [0.4, 0.5) is 0 Å². The van der Waals surface area contributed by atoms with Crippen LogP contribution >= 0.6 is 0 Å². The Labute approximate surface area is 126 Å². The standard InChI is InChI=1S/C15H26N4O2/c1-16-5-7-18(14-16)4-3-10-20-12-13-21-11-9-19-8-6-17(2)15-19/h5-8,14-15H,3-4,9-13H2,1-2H3/q+2. The Morgan fingerprint density at radius 3 is 1.90 bits per heavy atom. The Morgan fingerprint density at radius 1 is 0.762 bits per heavy atom. The largest absolute Gasteiger partial charge is 0.379 e. The molecule has 0 bridgehead atoms. The molecular weight excluding hydrogens is 268 g/mol. The lowest BCUT2D eigenvalue weighted by Gasteiger charge is -2.04. The van der Waals surface area contributed by atoms with Gasteiger partial charge in [-0.2, -0.15) is 0 Å². The molecular formula is C15H26N4O2+2. The van der Waals surface area contributed by atoms with E-state index in [4.69, 9.17) is 9.47 Å². The molecule has 21 heavy (non-hydrogen) atoms. The number of imidazole rings is 2. The summed E-state index contributed by atoms with van der Waals surface area (Å²) in [5, 5.41) is 0. The SMILES string of the molecule is C[n+]1ccn(CCCOCCOCCn2cc[n+](C)c2)c1. The monoisotopic (exact) mass is 294 g/mol. The third-order valence-electron chi connectivity index (χ3n) is 3.22. The van der Waals surface area contributed by atoms with Crippen LogP contribution < -0.4 is 9.13 Å². The maximum atomic E-state index is 5.56. The van der Waals surface area contributed by atoms with Crippen molar-refractivity contribution in [3.8, 4) is 0 Å². The Morgan fingerprint density at radius 2 is 1.33 bits per heavy atom. The molecule has 2 aromatic heterocycles. The second-order valence-electron chi connectivity index (χ2n) is 5.21. The van der Waals surface area contributed by atoms with Crippen molar-refractivity contribution in [2.24, 2.45) is 14.1 Å². The molecule has 0 N–H and O–H groups in total. The topological polar surface area (TPSA) is 36.1 Å². The summed E-state index contributed by atoms with van der Waals surface area (Å²) in [6, 6.07) is 0. The number of hydrogen-bond acceptors (Lipinski definition) is 2. The van der Waals surface area contributed by atoms with Gasteiger partial charge in [-0.05, 0) is 0 Å². The van der Waals surface area contributed by atoms with Crippen LogP contribution in [-0.2, 0) is 36.7 Å². The number of ether oxygens (including phenoxy) is 2. The van der Waals surface area contributed by atoms with E-state index in [0.717, 1.165) is 32.7 Å². The van der Waals surface area contributed by atoms with Crippen LogP contribution in [0.25, 0.3) is 0 Å². The van der Waals surface area contributed by atoms with E-state index >= 15 is 0 Å². The van der Waals surface area contributed by atoms with Crippen molar-refractivity contribution >= 4 is 0 Å². The third-order valence-corrected chi connectivity index (χ3v) is 3.22. The van der Waals surface area contributed by atoms with Crippen molar-refractivity contribution in [1.82, 2.24) is 9.13 Å². The summed E-state index contributed by atoms with van der Waals surface area (Å²) in [6.07, 6.45) is 13.3. The predicted molar refractivity (Wildman–Crippen MR) is 77.5 cm³/mol. The first-order chi connectivity index (χ1) is 10.2. The highest BCUT2D eigenvalue weighted by Gasteiger charge is 2.00. The van der Waals surface area contributed by atoms with E-state index in [1.54, 1.807) is 0 Å². The summed E-state index contributed by atoms with van der Waals surface area (Å²) in [5.74, 6) is 0. The quantitative estimate of drug-likeness (QED) is 0.459. The van der Waals surface area contributed by atoms with Crippen molar-refractivity contribution in [2.45, 2.75) is 19.5 Å². The van der Waals surface area contributed by atoms with Crippen LogP contribution in [0.15, 0.2) is 37.4 Å². The molecule has 0 saturated heterocycles. The molecule has 2 rings (SSSR count). The molecule has 0 saturated carbocycles. The van der Waals surface area contributed by atoms with E-state index in [2.05, 4.69) is 21.7 Å². The van der Waals surface area contributed by atoms with Crippen LogP contribution in [0.1, 0.15) is 6.42 Å². The lowest BCUT2D eigenvalue weighted by atomic mass is 10.4. The number of nitrogens with zero attached hydrogens (tertiary/aromatic N) is 4. The molecule has 0 radical (unpaired) electrons. The minimum atomic E-state index is 0.659. The highest BCUT2D eigenvalue weighted by Crippen LogP contribution is 1.91. The second-order valence-corrected chi connectivity index (χ2v) is 5.21. The molecule has 0 amide bonds. The Hall–Kier alpha value is -1.66. The maximum Gasteiger partial charge on any atom is 0.243 e. The second kappa shape index (κ2) is 8.59. The summed E-state index contributed by atoms with van der Waals surface area (Å²) in [6.45, 7) is 4.69. The number of aromatic nitrogens is 4. The summed E-state index contributed by atoms with van der Waals surface area (Å²) in [7, 11) is 4.04. The van der Waals surface area contributed by atoms with Crippen molar-refractivity contribution in [3.63, 3.8) is 0 Å². The van der Waals surface area contributed by atoms with Gasteiger partial charge in [-0.25, -0.2) is 18.3 Å². The Balaban J connectivity index is 1.40. The first-order valence-electron chi connectivity index (χ1n) is 7.41. The van der Waals surface area contributed by atoms with Gasteiger partial charge in [-0.15, -0.1) is 0 Å². The van der Waals surface area contributed by atoms with Gasteiger partial charge in [0.1, 0.15) is 31.3 Å². The Kier molecular flexibility index (Phi) is 6.43. The van der Waals surface area contributed by atoms with Crippen LogP contribution in [0, 0.1) is 0 Å². The third kappa shape index (κ3) is 6.10. The normalized spacial score (nSPS) is 11.1. The smallest absolute Gasteiger partial charge is 0.243 e. The number of rotatable bonds is 10. The molecule has 2 aromatic rings. The van der Waals surface area contributed by atoms with Crippen molar-refractivity contribution < 1.29 is 18.6 Å². The minimum absolute atomic E-state index is 0.659. The average molecular weight is 294 g/mol. The lowest BCUT2D eigenvalue weighted by Crippen LogP contribution is -2.24. The number of hydrogen-bond donors (Lipinski definition) is 0. The van der Waals surface area contributed by atoms with Gasteiger partial charge < -0.3 is 9.47 Å². The molecule has 2 heterocycles. The van der Waals surface area contributed by atoms with Gasteiger partial charge in [-0.3, -0.25) is 0 Å². The molecule has 0 aromatic carbocycles. The van der Waals surface area contributed by atoms with Crippen LogP contribution in [0.5, 0.6) is 0 Å². The van der Waals surface area contributed by atoms with Crippen molar-refractivity contribution in [2.75, 3.05) is 26.4 Å². The van der Waals surface area contributed by atoms with Crippen molar-refractivity contribution in [1.29, 1.82) is 0 Å². The van der Waals surface area contributed by atoms with E-state index in [1.165, 1.54) is 0 Å². The van der Waals surface area contributed by atoms with Gasteiger partial charge in [0.2, 0.25) is 12.7 Å². The molecule has 0 fully saturated rings. The van der Waals surface area contributed by atoms with Gasteiger partial charge in [0.05, 0.1) is 47.1 Å². The number of aryl methyl sites for hydroxylation is 3. The first kappa shape index (κ1) is 15.7. The van der Waals surface area contributed by atoms with E-state index < -0.39 is 0 Å². The molecule has 0 aliphatic carbocycles. The van der Waals surface area contributed by atoms with Crippen LogP contribution in [0.2, 0.25) is 0 Å². The predicted octanol–water partition coefficient (Wildman–Crippen LogP) is 0.0621. The Bertz CT molecular complexity index is 475. The highest BCUT2D eigenvalue weighted by atomic mass is 16.5. The molecule has 116 valence electrons. The molecule has 0 aliphatic heterocycles. The summed E-state index contributed by atoms with van der Waals surface area (Å²) in [4.78, 5) is 0. The lowest BCUT2D eigenvalue weighted by molar-refractivity contribution is -0.671. The zero-order valence-electron chi connectivity index (χ0n) is 13.0. The molecule has 0 unspecified atom stereocenters. The molecule has 6 nitrogen and oxygen atoms in total. The van der Waals surface area contributed by atoms with Crippen LogP contribution in [0.3, 0.4) is 0 Å². The van der Waals surface area contributed by atoms with Crippen LogP contribution in [-0.4, -0.2) is 35.6 Å². The van der Waals surface area contributed by atoms with Gasteiger partial charge in [0.15, 0.2) is 0 Å². The molecule has 0 aliphatic rings. The van der Waals surface area contributed by atoms with Gasteiger partial charge in [-0.1, -0.05) is 0 Å². The van der Waals surface area contributed by atoms with E-state index in [0.29, 0.717) is 13.2 Å². The van der Waals surface area contributed by atoms with Crippen molar-refractivity contribution in [3.05, 3.63) is 37.4 Å². The first-order valence-corrected chi connectivity index (χ1v) is 7.41. The summed E-state index contributed by atoms with van der Waals surface area (Å²) in [5.41, 5.74) is 0. The van der Waals surface area contributed by atoms with Gasteiger partial charge in [0, 0.05) is 6.42 Å². The summed E-state index contributed by atoms with van der Waals surface area (Å²) < 4.78 is 19.4. The molecule has 0 spiro atoms. The fourth-order valence-corrected chi connectivity index (χ4v) is 2.11. The van der Waals surface area contributed by atoms with E-state index in [1.807, 2.05) is 48.1 Å². The fraction of sp³-hybridized carbons (Fsp3) is 0.600. The van der Waals surface area contributed by atoms with Gasteiger partial charge in [0.25, 0.3) is 0 Å². The fourth-order valence-electron chi connectivity index (χ4n) is 2.11. The summed E-state index contributed by atoms with van der Waals surface area (Å²) >= 11 is 0. The van der Waals surface area contributed by atoms with Gasteiger partial charge >= 0.3 is 0 Å². The van der Waals surface area contributed by atoms with E-state index in [9.17, 15) is 0 Å². The minimum Gasteiger partial charge on any atom is -0.379 e. The molecule has 0 atom stereocenters. The maximum absolute atomic E-state index is 5.56. The highest BCUT2D eigenvalue weighted by molar-refractivity contribution is 4.66.